The molecule has 0 saturated heterocycles. The molecule has 3 heteroatoms. The zero-order valence-electron chi connectivity index (χ0n) is 2.82. The van der Waals surface area contributed by atoms with Crippen LogP contribution in [0.1, 0.15) is 0 Å². The lowest BCUT2D eigenvalue weighted by Crippen LogP contribution is -2.06. The van der Waals surface area contributed by atoms with Crippen LogP contribution in [0.2, 0.25) is 0 Å². The predicted octanol–water partition coefficient (Wildman–Crippen LogP) is 0.688. The summed E-state index contributed by atoms with van der Waals surface area (Å²) < 4.78 is 0.421. The first-order valence-corrected chi connectivity index (χ1v) is 1.97. The Hall–Kier alpha value is 0.110. The number of hydrogen-bond acceptors (Lipinski definition) is 1. The summed E-state index contributed by atoms with van der Waals surface area (Å²) in [6.07, 6.45) is 0. The summed E-state index contributed by atoms with van der Waals surface area (Å²) in [7, 11) is 1.70. The summed E-state index contributed by atoms with van der Waals surface area (Å²) in [6, 6.07) is 0. The lowest BCUT2D eigenvalue weighted by Gasteiger charge is -1.81. The first kappa shape index (κ1) is 5.11. The molecule has 0 atom stereocenters. The Balaban J connectivity index is 2.85. The minimum Gasteiger partial charge on any atom is -0.370 e. The van der Waals surface area contributed by atoms with E-state index >= 15 is 0 Å². The van der Waals surface area contributed by atoms with Crippen molar-refractivity contribution in [3.8, 4) is 0 Å². The van der Waals surface area contributed by atoms with E-state index in [-0.39, 0.29) is 0 Å². The number of nitrogens with one attached hydrogen (secondary N) is 1. The molecule has 0 aliphatic heterocycles. The third-order valence-electron chi connectivity index (χ3n) is 0.204. The molecule has 0 fully saturated rings. The van der Waals surface area contributed by atoms with Gasteiger partial charge in [0.1, 0.15) is 0 Å². The second-order valence-electron chi connectivity index (χ2n) is 0.537. The lowest BCUT2D eigenvalue weighted by atomic mass is 11.2. The Morgan fingerprint density at radius 1 is 1.80 bits per heavy atom. The molecule has 0 heterocycles. The van der Waals surface area contributed by atoms with Crippen LogP contribution >= 0.6 is 24.8 Å². The highest BCUT2D eigenvalue weighted by Gasteiger charge is 1.70. The maximum Gasteiger partial charge on any atom is 0.164 e. The minimum absolute atomic E-state index is 0.421. The first-order valence-electron chi connectivity index (χ1n) is 1.16. The summed E-state index contributed by atoms with van der Waals surface area (Å²) in [6.45, 7) is 0. The molecule has 0 spiro atoms. The third-order valence-corrected chi connectivity index (χ3v) is 0.612. The molecule has 0 saturated carbocycles. The minimum atomic E-state index is 0.421. The van der Waals surface area contributed by atoms with E-state index in [9.17, 15) is 0 Å². The zero-order chi connectivity index (χ0) is 4.28. The van der Waals surface area contributed by atoms with Crippen molar-refractivity contribution in [1.29, 1.82) is 0 Å². The summed E-state index contributed by atoms with van der Waals surface area (Å²) >= 11 is 8.80. The van der Waals surface area contributed by atoms with Gasteiger partial charge in [0.15, 0.2) is 4.32 Å². The predicted molar refractivity (Wildman–Crippen MR) is 29.2 cm³/mol. The highest BCUT2D eigenvalue weighted by atomic mass is 32.1. The molecule has 0 bridgehead atoms. The molecule has 1 N–H and O–H groups in total. The fraction of sp³-hybridized carbons (Fsp3) is 0.500. The van der Waals surface area contributed by atoms with Crippen molar-refractivity contribution in [2.24, 2.45) is 0 Å². The SMILES string of the molecule is CNC([S])=S. The smallest absolute Gasteiger partial charge is 0.164 e. The van der Waals surface area contributed by atoms with Crippen molar-refractivity contribution in [2.75, 3.05) is 7.05 Å². The lowest BCUT2D eigenvalue weighted by molar-refractivity contribution is 1.23. The molecule has 0 aliphatic rings. The van der Waals surface area contributed by atoms with Gasteiger partial charge in [-0.15, -0.1) is 0 Å². The van der Waals surface area contributed by atoms with E-state index in [2.05, 4.69) is 30.2 Å². The Labute approximate surface area is 42.2 Å². The number of hydrogen-bond donors (Lipinski definition) is 1. The fourth-order valence-corrected chi connectivity index (χ4v) is 0. The molecular formula is C2H4NS2. The van der Waals surface area contributed by atoms with Gasteiger partial charge < -0.3 is 5.32 Å². The van der Waals surface area contributed by atoms with Crippen LogP contribution in [0.4, 0.5) is 0 Å². The van der Waals surface area contributed by atoms with Crippen molar-refractivity contribution < 1.29 is 0 Å². The van der Waals surface area contributed by atoms with Crippen molar-refractivity contribution in [2.45, 2.75) is 0 Å². The van der Waals surface area contributed by atoms with E-state index in [0.717, 1.165) is 0 Å². The average Bonchev–Trinajstić information content (AvgIpc) is 1.38. The molecule has 0 aromatic carbocycles. The topological polar surface area (TPSA) is 12.0 Å². The Bertz CT molecular complexity index is 42.9. The summed E-state index contributed by atoms with van der Waals surface area (Å²) in [5, 5.41) is 2.57. The van der Waals surface area contributed by atoms with E-state index in [0.29, 0.717) is 4.32 Å². The highest BCUT2D eigenvalue weighted by molar-refractivity contribution is 8.11. The van der Waals surface area contributed by atoms with Gasteiger partial charge in [-0.3, -0.25) is 0 Å². The van der Waals surface area contributed by atoms with E-state index < -0.39 is 0 Å². The maximum atomic E-state index is 4.40. The molecule has 1 nitrogen and oxygen atoms in total. The number of thiocarbonyl (C=S) groups is 1. The zero-order valence-corrected chi connectivity index (χ0v) is 4.45. The van der Waals surface area contributed by atoms with E-state index in [1.807, 2.05) is 0 Å². The van der Waals surface area contributed by atoms with Crippen molar-refractivity contribution in [3.63, 3.8) is 0 Å². The second kappa shape index (κ2) is 2.35. The van der Waals surface area contributed by atoms with Gasteiger partial charge in [-0.1, -0.05) is 0 Å². The van der Waals surface area contributed by atoms with Crippen LogP contribution in [0.25, 0.3) is 0 Å². The summed E-state index contributed by atoms with van der Waals surface area (Å²) in [5.74, 6) is 0. The van der Waals surface area contributed by atoms with Crippen LogP contribution in [0.5, 0.6) is 0 Å². The molecule has 1 radical (unpaired) electrons. The fourth-order valence-electron chi connectivity index (χ4n) is 0. The monoisotopic (exact) mass is 106 g/mol. The molecule has 0 rings (SSSR count). The quantitative estimate of drug-likeness (QED) is 0.456. The van der Waals surface area contributed by atoms with Crippen LogP contribution in [-0.4, -0.2) is 11.4 Å². The molecular weight excluding hydrogens is 102 g/mol. The molecule has 0 unspecified atom stereocenters. The van der Waals surface area contributed by atoms with Crippen molar-refractivity contribution in [3.05, 3.63) is 0 Å². The Kier molecular flexibility index (Phi) is 2.41. The molecule has 29 valence electrons. The van der Waals surface area contributed by atoms with Crippen molar-refractivity contribution >= 4 is 29.2 Å². The summed E-state index contributed by atoms with van der Waals surface area (Å²) in [4.78, 5) is 0. The van der Waals surface area contributed by atoms with Gasteiger partial charge in [0.2, 0.25) is 0 Å². The van der Waals surface area contributed by atoms with Gasteiger partial charge in [-0.25, -0.2) is 0 Å². The van der Waals surface area contributed by atoms with Gasteiger partial charge in [-0.05, 0) is 24.8 Å². The first-order chi connectivity index (χ1) is 2.27. The highest BCUT2D eigenvalue weighted by Crippen LogP contribution is 1.69. The second-order valence-corrected chi connectivity index (χ2v) is 1.61. The van der Waals surface area contributed by atoms with Gasteiger partial charge in [0.25, 0.3) is 0 Å². The Morgan fingerprint density at radius 3 is 2.00 bits per heavy atom. The molecule has 0 aliphatic carbocycles. The molecule has 0 amide bonds. The average molecular weight is 106 g/mol. The van der Waals surface area contributed by atoms with Crippen molar-refractivity contribution in [1.82, 2.24) is 5.32 Å². The summed E-state index contributed by atoms with van der Waals surface area (Å²) in [5.41, 5.74) is 0. The van der Waals surface area contributed by atoms with E-state index in [1.165, 1.54) is 0 Å². The van der Waals surface area contributed by atoms with Crippen LogP contribution in [0, 0.1) is 0 Å². The largest absolute Gasteiger partial charge is 0.370 e. The van der Waals surface area contributed by atoms with Crippen LogP contribution in [0.3, 0.4) is 0 Å². The van der Waals surface area contributed by atoms with E-state index in [1.54, 1.807) is 7.05 Å². The third kappa shape index (κ3) is 4.11. The van der Waals surface area contributed by atoms with Gasteiger partial charge >= 0.3 is 0 Å². The number of rotatable bonds is 0. The van der Waals surface area contributed by atoms with Crippen LogP contribution in [0.15, 0.2) is 0 Å². The van der Waals surface area contributed by atoms with Gasteiger partial charge in [0.05, 0.1) is 0 Å². The molecule has 5 heavy (non-hydrogen) atoms. The Morgan fingerprint density at radius 2 is 2.00 bits per heavy atom. The normalized spacial score (nSPS) is 6.60. The van der Waals surface area contributed by atoms with Crippen LogP contribution in [-0.2, 0) is 0 Å². The standard InChI is InChI=1S/C2H4NS2/c1-3-2(4)5/h1H3,(H,3,4). The van der Waals surface area contributed by atoms with E-state index in [4.69, 9.17) is 0 Å². The molecule has 0 aromatic heterocycles. The molecule has 0 aromatic rings. The van der Waals surface area contributed by atoms with Gasteiger partial charge in [0, 0.05) is 7.05 Å². The van der Waals surface area contributed by atoms with Gasteiger partial charge in [-0.2, -0.15) is 0 Å². The maximum absolute atomic E-state index is 4.40. The van der Waals surface area contributed by atoms with Crippen LogP contribution < -0.4 is 5.32 Å².